The molecule has 2 heterocycles. The Bertz CT molecular complexity index is 941. The molecule has 1 atom stereocenters. The molecule has 4 rings (SSSR count). The highest BCUT2D eigenvalue weighted by atomic mass is 32.1. The van der Waals surface area contributed by atoms with Crippen molar-refractivity contribution in [3.8, 4) is 0 Å². The molecule has 2 N–H and O–H groups in total. The molecule has 2 fully saturated rings. The Labute approximate surface area is 240 Å². The quantitative estimate of drug-likeness (QED) is 0.395. The van der Waals surface area contributed by atoms with E-state index in [9.17, 15) is 14.4 Å². The van der Waals surface area contributed by atoms with Gasteiger partial charge in [0.2, 0.25) is 17.6 Å². The van der Waals surface area contributed by atoms with E-state index in [0.29, 0.717) is 11.6 Å². The fourth-order valence-electron chi connectivity index (χ4n) is 4.10. The van der Waals surface area contributed by atoms with Gasteiger partial charge in [-0.3, -0.25) is 14.4 Å². The summed E-state index contributed by atoms with van der Waals surface area (Å²) >= 11 is 1.44. The van der Waals surface area contributed by atoms with Crippen LogP contribution in [-0.4, -0.2) is 60.2 Å². The number of aromatic nitrogens is 1. The molecule has 1 aliphatic heterocycles. The summed E-state index contributed by atoms with van der Waals surface area (Å²) in [4.78, 5) is 40.8. The van der Waals surface area contributed by atoms with Crippen molar-refractivity contribution in [2.75, 3.05) is 26.7 Å². The zero-order valence-corrected chi connectivity index (χ0v) is 25.7. The van der Waals surface area contributed by atoms with Gasteiger partial charge >= 0.3 is 0 Å². The number of ketones is 1. The van der Waals surface area contributed by atoms with Crippen LogP contribution in [0.25, 0.3) is 0 Å². The van der Waals surface area contributed by atoms with E-state index in [1.165, 1.54) is 55.4 Å². The third-order valence-corrected chi connectivity index (χ3v) is 7.27. The molecule has 218 valence electrons. The second kappa shape index (κ2) is 20.3. The molecule has 1 aromatic heterocycles. The van der Waals surface area contributed by atoms with Gasteiger partial charge in [-0.2, -0.15) is 0 Å². The van der Waals surface area contributed by atoms with Gasteiger partial charge in [0.25, 0.3) is 0 Å². The van der Waals surface area contributed by atoms with E-state index in [-0.39, 0.29) is 30.2 Å². The molecule has 1 aliphatic carbocycles. The first-order valence-corrected chi connectivity index (χ1v) is 15.5. The average Bonchev–Trinajstić information content (AvgIpc) is 3.73. The van der Waals surface area contributed by atoms with Gasteiger partial charge in [-0.25, -0.2) is 4.98 Å². The highest BCUT2D eigenvalue weighted by Crippen LogP contribution is 2.18. The first kappa shape index (κ1) is 34.4. The number of carbonyl (C=O) groups is 3. The van der Waals surface area contributed by atoms with Gasteiger partial charge in [0, 0.05) is 24.0 Å². The molecule has 7 nitrogen and oxygen atoms in total. The fourth-order valence-corrected chi connectivity index (χ4v) is 4.63. The Morgan fingerprint density at radius 1 is 0.949 bits per heavy atom. The summed E-state index contributed by atoms with van der Waals surface area (Å²) in [6.45, 7) is 11.8. The maximum atomic E-state index is 12.0. The zero-order valence-electron chi connectivity index (χ0n) is 24.9. The number of hydrogen-bond donors (Lipinski definition) is 2. The summed E-state index contributed by atoms with van der Waals surface area (Å²) < 4.78 is 0. The van der Waals surface area contributed by atoms with Crippen LogP contribution in [0.2, 0.25) is 0 Å². The third-order valence-electron chi connectivity index (χ3n) is 6.68. The molecule has 1 aromatic carbocycles. The van der Waals surface area contributed by atoms with E-state index in [1.807, 2.05) is 38.1 Å². The highest BCUT2D eigenvalue weighted by Gasteiger charge is 2.19. The monoisotopic (exact) mass is 558 g/mol. The summed E-state index contributed by atoms with van der Waals surface area (Å²) in [5, 5.41) is 7.22. The van der Waals surface area contributed by atoms with Gasteiger partial charge in [0.05, 0.1) is 18.1 Å². The topological polar surface area (TPSA) is 91.4 Å². The largest absolute Gasteiger partial charge is 0.346 e. The van der Waals surface area contributed by atoms with Crippen LogP contribution in [0.15, 0.2) is 35.2 Å². The Morgan fingerprint density at radius 2 is 1.54 bits per heavy atom. The van der Waals surface area contributed by atoms with Gasteiger partial charge in [-0.1, -0.05) is 84.4 Å². The van der Waals surface area contributed by atoms with Gasteiger partial charge in [0.1, 0.15) is 5.69 Å². The summed E-state index contributed by atoms with van der Waals surface area (Å²) in [5.41, 5.74) is 4.11. The summed E-state index contributed by atoms with van der Waals surface area (Å²) in [5.74, 6) is 0.320. The molecule has 1 saturated carbocycles. The molecule has 0 bridgehead atoms. The van der Waals surface area contributed by atoms with Crippen molar-refractivity contribution in [2.45, 2.75) is 97.9 Å². The van der Waals surface area contributed by atoms with Gasteiger partial charge in [-0.05, 0) is 44.4 Å². The number of rotatable bonds is 7. The number of likely N-dealkylation sites (tertiary alicyclic amines) is 1. The van der Waals surface area contributed by atoms with Gasteiger partial charge in [0.15, 0.2) is 0 Å². The number of nitrogens with one attached hydrogen (secondary N) is 2. The second-order valence-electron chi connectivity index (χ2n) is 9.92. The Balaban J connectivity index is 0.000000307. The number of carbonyl (C=O) groups excluding carboxylic acids is 3. The average molecular weight is 559 g/mol. The van der Waals surface area contributed by atoms with Gasteiger partial charge in [-0.15, -0.1) is 11.3 Å². The minimum atomic E-state index is -0.253. The molecule has 0 radical (unpaired) electrons. The highest BCUT2D eigenvalue weighted by molar-refractivity contribution is 7.07. The van der Waals surface area contributed by atoms with E-state index in [2.05, 4.69) is 29.5 Å². The normalized spacial score (nSPS) is 15.0. The van der Waals surface area contributed by atoms with E-state index in [1.54, 1.807) is 29.8 Å². The number of thiazole rings is 1. The molecule has 1 saturated heterocycles. The van der Waals surface area contributed by atoms with Crippen LogP contribution >= 0.6 is 11.3 Å². The third kappa shape index (κ3) is 13.4. The molecule has 2 aromatic rings. The minimum Gasteiger partial charge on any atom is -0.346 e. The summed E-state index contributed by atoms with van der Waals surface area (Å²) in [7, 11) is 1.71. The van der Waals surface area contributed by atoms with E-state index in [4.69, 9.17) is 0 Å². The maximum absolute atomic E-state index is 12.0. The lowest BCUT2D eigenvalue weighted by molar-refractivity contribution is -0.132. The van der Waals surface area contributed by atoms with Crippen molar-refractivity contribution in [1.82, 2.24) is 20.5 Å². The SMILES string of the molecule is C1CCCCC1.CC.CC(C)c1cccc(C(=O)c2cscn2)c1.CNC(C)C(=O)NCC(=O)N1CCCC1. The van der Waals surface area contributed by atoms with Crippen molar-refractivity contribution < 1.29 is 14.4 Å². The van der Waals surface area contributed by atoms with Crippen LogP contribution in [0.3, 0.4) is 0 Å². The second-order valence-corrected chi connectivity index (χ2v) is 10.6. The standard InChI is InChI=1S/C13H13NOS.C10H19N3O2.C6H12.C2H6/c1-9(2)10-4-3-5-11(6-10)13(15)12-7-16-8-14-12;1-8(11-2)10(15)12-7-9(14)13-5-3-4-6-13;1-2-4-6-5-3-1;1-2/h3-9H,1-2H3;8,11H,3-7H2,1-2H3,(H,12,15);1-6H2;1-2H3. The molecule has 1 unspecified atom stereocenters. The van der Waals surface area contributed by atoms with Crippen LogP contribution in [0.5, 0.6) is 0 Å². The van der Waals surface area contributed by atoms with Crippen molar-refractivity contribution in [3.63, 3.8) is 0 Å². The minimum absolute atomic E-state index is 0.00347. The molecule has 2 amide bonds. The summed E-state index contributed by atoms with van der Waals surface area (Å²) in [6.07, 6.45) is 11.2. The van der Waals surface area contributed by atoms with Gasteiger partial charge < -0.3 is 15.5 Å². The molecule has 8 heteroatoms. The molecular weight excluding hydrogens is 508 g/mol. The first-order chi connectivity index (χ1) is 18.8. The fraction of sp³-hybridized carbons (Fsp3) is 0.613. The van der Waals surface area contributed by atoms with E-state index in [0.717, 1.165) is 31.5 Å². The smallest absolute Gasteiger partial charge is 0.241 e. The Kier molecular flexibility index (Phi) is 18.0. The maximum Gasteiger partial charge on any atom is 0.241 e. The van der Waals surface area contributed by atoms with Crippen molar-refractivity contribution in [3.05, 3.63) is 52.0 Å². The predicted molar refractivity (Wildman–Crippen MR) is 162 cm³/mol. The van der Waals surface area contributed by atoms with Crippen LogP contribution < -0.4 is 10.6 Å². The van der Waals surface area contributed by atoms with Crippen molar-refractivity contribution >= 4 is 28.9 Å². The van der Waals surface area contributed by atoms with E-state index < -0.39 is 0 Å². The number of benzene rings is 1. The number of nitrogens with zero attached hydrogens (tertiary/aromatic N) is 2. The zero-order chi connectivity index (χ0) is 29.0. The van der Waals surface area contributed by atoms with Crippen LogP contribution in [0.4, 0.5) is 0 Å². The van der Waals surface area contributed by atoms with Crippen LogP contribution in [0, 0.1) is 0 Å². The number of hydrogen-bond acceptors (Lipinski definition) is 6. The molecule has 0 spiro atoms. The number of amides is 2. The Morgan fingerprint density at radius 3 is 2.03 bits per heavy atom. The van der Waals surface area contributed by atoms with Crippen LogP contribution in [0.1, 0.15) is 114 Å². The van der Waals surface area contributed by atoms with Crippen LogP contribution in [-0.2, 0) is 9.59 Å². The molecule has 2 aliphatic rings. The molecular formula is C31H50N4O3S. The van der Waals surface area contributed by atoms with E-state index >= 15 is 0 Å². The lowest BCUT2D eigenvalue weighted by Crippen LogP contribution is -2.45. The first-order valence-electron chi connectivity index (χ1n) is 14.6. The van der Waals surface area contributed by atoms with Crippen molar-refractivity contribution in [1.29, 1.82) is 0 Å². The Hall–Kier alpha value is -2.58. The lowest BCUT2D eigenvalue weighted by Gasteiger charge is -2.16. The predicted octanol–water partition coefficient (Wildman–Crippen LogP) is 6.20. The molecule has 39 heavy (non-hydrogen) atoms. The van der Waals surface area contributed by atoms with Crippen molar-refractivity contribution in [2.24, 2.45) is 0 Å². The summed E-state index contributed by atoms with van der Waals surface area (Å²) in [6, 6.07) is 7.51. The number of likely N-dealkylation sites (N-methyl/N-ethyl adjacent to an activating group) is 1. The lowest BCUT2D eigenvalue weighted by atomic mass is 9.99.